The van der Waals surface area contributed by atoms with Crippen LogP contribution < -0.4 is 10.0 Å². The predicted molar refractivity (Wildman–Crippen MR) is 67.5 cm³/mol. The van der Waals surface area contributed by atoms with Gasteiger partial charge in [-0.25, -0.2) is 17.5 Å². The summed E-state index contributed by atoms with van der Waals surface area (Å²) in [5, 5.41) is 3.10. The Balaban J connectivity index is 2.34. The van der Waals surface area contributed by atoms with Gasteiger partial charge in [-0.2, -0.15) is 0 Å². The Labute approximate surface area is 107 Å². The molecule has 100 valence electrons. The molecule has 0 amide bonds. The predicted octanol–water partition coefficient (Wildman–Crippen LogP) is 1.08. The zero-order valence-electron chi connectivity index (χ0n) is 10.5. The molecule has 1 unspecified atom stereocenters. The van der Waals surface area contributed by atoms with Crippen molar-refractivity contribution in [2.75, 3.05) is 13.1 Å². The highest BCUT2D eigenvalue weighted by molar-refractivity contribution is 7.89. The van der Waals surface area contributed by atoms with Crippen LogP contribution in [-0.4, -0.2) is 27.5 Å². The first-order valence-corrected chi connectivity index (χ1v) is 7.38. The van der Waals surface area contributed by atoms with Crippen molar-refractivity contribution in [2.24, 2.45) is 0 Å². The van der Waals surface area contributed by atoms with Crippen LogP contribution in [0.2, 0.25) is 0 Å². The van der Waals surface area contributed by atoms with E-state index >= 15 is 0 Å². The molecular formula is C12H17FN2O2S. The second-order valence-electron chi connectivity index (χ2n) is 4.68. The van der Waals surface area contributed by atoms with Crippen molar-refractivity contribution in [1.29, 1.82) is 0 Å². The molecule has 6 heteroatoms. The van der Waals surface area contributed by atoms with Crippen LogP contribution in [0.5, 0.6) is 0 Å². The molecule has 18 heavy (non-hydrogen) atoms. The largest absolute Gasteiger partial charge is 0.315 e. The highest BCUT2D eigenvalue weighted by Gasteiger charge is 2.25. The van der Waals surface area contributed by atoms with Crippen LogP contribution in [0.25, 0.3) is 0 Å². The average molecular weight is 272 g/mol. The number of hydrogen-bond donors (Lipinski definition) is 2. The van der Waals surface area contributed by atoms with Crippen molar-refractivity contribution in [3.8, 4) is 0 Å². The molecule has 4 nitrogen and oxygen atoms in total. The van der Waals surface area contributed by atoms with Gasteiger partial charge in [-0.05, 0) is 50.1 Å². The van der Waals surface area contributed by atoms with E-state index in [9.17, 15) is 12.8 Å². The van der Waals surface area contributed by atoms with Gasteiger partial charge < -0.3 is 5.32 Å². The summed E-state index contributed by atoms with van der Waals surface area (Å²) in [5.74, 6) is -0.411. The van der Waals surface area contributed by atoms with Crippen LogP contribution in [-0.2, 0) is 10.0 Å². The molecule has 1 aromatic carbocycles. The van der Waals surface area contributed by atoms with Crippen LogP contribution in [0.15, 0.2) is 17.0 Å². The minimum Gasteiger partial charge on any atom is -0.315 e. The third-order valence-corrected chi connectivity index (χ3v) is 4.90. The lowest BCUT2D eigenvalue weighted by Crippen LogP contribution is -2.36. The molecule has 1 aliphatic heterocycles. The molecule has 1 aromatic rings. The molecule has 0 saturated carbocycles. The minimum absolute atomic E-state index is 0.0844. The van der Waals surface area contributed by atoms with Gasteiger partial charge in [-0.1, -0.05) is 0 Å². The van der Waals surface area contributed by atoms with E-state index in [2.05, 4.69) is 10.0 Å². The van der Waals surface area contributed by atoms with E-state index in [4.69, 9.17) is 0 Å². The van der Waals surface area contributed by atoms with Crippen molar-refractivity contribution in [3.05, 3.63) is 29.1 Å². The van der Waals surface area contributed by atoms with E-state index in [1.54, 1.807) is 13.8 Å². The molecule has 2 rings (SSSR count). The Morgan fingerprint density at radius 3 is 2.44 bits per heavy atom. The molecule has 1 atom stereocenters. The van der Waals surface area contributed by atoms with Gasteiger partial charge in [0.25, 0.3) is 0 Å². The van der Waals surface area contributed by atoms with Crippen molar-refractivity contribution in [2.45, 2.75) is 31.2 Å². The van der Waals surface area contributed by atoms with Gasteiger partial charge in [0.15, 0.2) is 0 Å². The average Bonchev–Trinajstić information content (AvgIpc) is 2.66. The number of rotatable bonds is 3. The number of sulfonamides is 1. The fraction of sp³-hybridized carbons (Fsp3) is 0.500. The van der Waals surface area contributed by atoms with Crippen molar-refractivity contribution in [1.82, 2.24) is 10.0 Å². The summed E-state index contributed by atoms with van der Waals surface area (Å²) in [4.78, 5) is 0.191. The highest BCUT2D eigenvalue weighted by Crippen LogP contribution is 2.21. The quantitative estimate of drug-likeness (QED) is 0.866. The van der Waals surface area contributed by atoms with E-state index in [1.165, 1.54) is 12.1 Å². The third kappa shape index (κ3) is 2.71. The van der Waals surface area contributed by atoms with Crippen LogP contribution in [0, 0.1) is 19.7 Å². The number of benzene rings is 1. The Morgan fingerprint density at radius 1 is 1.33 bits per heavy atom. The Kier molecular flexibility index (Phi) is 3.70. The summed E-state index contributed by atoms with van der Waals surface area (Å²) in [7, 11) is -3.58. The van der Waals surface area contributed by atoms with Gasteiger partial charge in [-0.15, -0.1) is 0 Å². The second-order valence-corrected chi connectivity index (χ2v) is 6.33. The normalized spacial score (nSPS) is 20.3. The first-order valence-electron chi connectivity index (χ1n) is 5.90. The maximum Gasteiger partial charge on any atom is 0.241 e. The third-order valence-electron chi connectivity index (χ3n) is 3.08. The minimum atomic E-state index is -3.58. The van der Waals surface area contributed by atoms with Crippen molar-refractivity contribution in [3.63, 3.8) is 0 Å². The molecule has 1 saturated heterocycles. The van der Waals surface area contributed by atoms with Crippen LogP contribution in [0.3, 0.4) is 0 Å². The van der Waals surface area contributed by atoms with E-state index < -0.39 is 15.8 Å². The summed E-state index contributed by atoms with van der Waals surface area (Å²) in [6.45, 7) is 4.67. The van der Waals surface area contributed by atoms with Crippen molar-refractivity contribution >= 4 is 10.0 Å². The van der Waals surface area contributed by atoms with Gasteiger partial charge in [-0.3, -0.25) is 0 Å². The molecule has 0 bridgehead atoms. The summed E-state index contributed by atoms with van der Waals surface area (Å²) >= 11 is 0. The second kappa shape index (κ2) is 4.95. The highest BCUT2D eigenvalue weighted by atomic mass is 32.2. The fourth-order valence-corrected chi connectivity index (χ4v) is 4.08. The molecule has 2 N–H and O–H groups in total. The van der Waals surface area contributed by atoms with Gasteiger partial charge in [0.2, 0.25) is 10.0 Å². The first-order chi connectivity index (χ1) is 8.40. The van der Waals surface area contributed by atoms with Crippen LogP contribution in [0.1, 0.15) is 17.5 Å². The molecular weight excluding hydrogens is 255 g/mol. The smallest absolute Gasteiger partial charge is 0.241 e. The maximum atomic E-state index is 13.2. The van der Waals surface area contributed by atoms with E-state index in [1.807, 2.05) is 0 Å². The van der Waals surface area contributed by atoms with Gasteiger partial charge >= 0.3 is 0 Å². The molecule has 0 radical (unpaired) electrons. The Morgan fingerprint density at radius 2 is 1.94 bits per heavy atom. The van der Waals surface area contributed by atoms with E-state index in [0.717, 1.165) is 13.0 Å². The van der Waals surface area contributed by atoms with E-state index in [0.29, 0.717) is 17.7 Å². The summed E-state index contributed by atoms with van der Waals surface area (Å²) in [6.07, 6.45) is 0.776. The lowest BCUT2D eigenvalue weighted by molar-refractivity contribution is 0.558. The molecule has 1 heterocycles. The first kappa shape index (κ1) is 13.5. The standard InChI is InChI=1S/C12H17FN2O2S/c1-8-5-10(13)6-9(2)12(8)18(16,17)15-11-3-4-14-7-11/h5-6,11,14-15H,3-4,7H2,1-2H3. The van der Waals surface area contributed by atoms with Gasteiger partial charge in [0.1, 0.15) is 5.82 Å². The SMILES string of the molecule is Cc1cc(F)cc(C)c1S(=O)(=O)NC1CCNC1. The summed E-state index contributed by atoms with van der Waals surface area (Å²) in [6, 6.07) is 2.40. The zero-order chi connectivity index (χ0) is 13.3. The molecule has 1 aliphatic rings. The number of aryl methyl sites for hydroxylation is 2. The van der Waals surface area contributed by atoms with Crippen molar-refractivity contribution < 1.29 is 12.8 Å². The molecule has 1 fully saturated rings. The van der Waals surface area contributed by atoms with Gasteiger partial charge in [0, 0.05) is 12.6 Å². The Hall–Kier alpha value is -0.980. The number of halogens is 1. The maximum absolute atomic E-state index is 13.2. The Bertz CT molecular complexity index is 528. The zero-order valence-corrected chi connectivity index (χ0v) is 11.3. The van der Waals surface area contributed by atoms with Crippen LogP contribution >= 0.6 is 0 Å². The van der Waals surface area contributed by atoms with Crippen LogP contribution in [0.4, 0.5) is 4.39 Å². The van der Waals surface area contributed by atoms with E-state index in [-0.39, 0.29) is 10.9 Å². The molecule has 0 aliphatic carbocycles. The summed E-state index contributed by atoms with van der Waals surface area (Å²) in [5.41, 5.74) is 0.872. The lowest BCUT2D eigenvalue weighted by atomic mass is 10.1. The molecule has 0 aromatic heterocycles. The number of hydrogen-bond acceptors (Lipinski definition) is 3. The fourth-order valence-electron chi connectivity index (χ4n) is 2.35. The number of nitrogens with one attached hydrogen (secondary N) is 2. The topological polar surface area (TPSA) is 58.2 Å². The van der Waals surface area contributed by atoms with Gasteiger partial charge in [0.05, 0.1) is 4.90 Å². The lowest BCUT2D eigenvalue weighted by Gasteiger charge is -2.15. The summed E-state index contributed by atoms with van der Waals surface area (Å²) < 4.78 is 40.4. The monoisotopic (exact) mass is 272 g/mol. The molecule has 0 spiro atoms.